The average molecular weight is 447 g/mol. The average Bonchev–Trinajstić information content (AvgIpc) is 2.71. The van der Waals surface area contributed by atoms with Crippen LogP contribution >= 0.6 is 11.6 Å². The van der Waals surface area contributed by atoms with Crippen molar-refractivity contribution in [3.05, 3.63) is 70.4 Å². The molecule has 0 bridgehead atoms. The van der Waals surface area contributed by atoms with E-state index in [-0.39, 0.29) is 16.0 Å². The van der Waals surface area contributed by atoms with Crippen LogP contribution in [0.2, 0.25) is 5.02 Å². The van der Waals surface area contributed by atoms with Crippen LogP contribution in [0.25, 0.3) is 10.9 Å². The van der Waals surface area contributed by atoms with Gasteiger partial charge >= 0.3 is 0 Å². The second-order valence-corrected chi connectivity index (χ2v) is 9.27. The van der Waals surface area contributed by atoms with Gasteiger partial charge in [-0.3, -0.25) is 25.4 Å². The first-order valence-electron chi connectivity index (χ1n) is 8.80. The molecule has 0 aliphatic carbocycles. The monoisotopic (exact) mass is 446 g/mol. The zero-order valence-electron chi connectivity index (χ0n) is 16.4. The summed E-state index contributed by atoms with van der Waals surface area (Å²) in [6, 6.07) is 12.3. The summed E-state index contributed by atoms with van der Waals surface area (Å²) in [6.07, 6.45) is 0. The smallest absolute Gasteiger partial charge is 0.267 e. The maximum atomic E-state index is 12.5. The van der Waals surface area contributed by atoms with Crippen molar-refractivity contribution in [3.8, 4) is 0 Å². The van der Waals surface area contributed by atoms with Crippen LogP contribution in [0.1, 0.15) is 26.4 Å². The largest absolute Gasteiger partial charge is 0.271 e. The van der Waals surface area contributed by atoms with E-state index in [1.165, 1.54) is 38.4 Å². The Morgan fingerprint density at radius 3 is 2.40 bits per heavy atom. The van der Waals surface area contributed by atoms with Gasteiger partial charge in [0.1, 0.15) is 0 Å². The second kappa shape index (κ2) is 8.39. The van der Waals surface area contributed by atoms with Gasteiger partial charge in [-0.25, -0.2) is 12.7 Å². The van der Waals surface area contributed by atoms with E-state index in [2.05, 4.69) is 15.8 Å². The summed E-state index contributed by atoms with van der Waals surface area (Å²) in [5.41, 5.74) is 6.15. The number of nitrogens with zero attached hydrogens (tertiary/aromatic N) is 2. The number of sulfonamides is 1. The van der Waals surface area contributed by atoms with Crippen LogP contribution in [0, 0.1) is 6.92 Å². The number of aryl methyl sites for hydroxylation is 1. The first-order valence-corrected chi connectivity index (χ1v) is 10.6. The lowest BCUT2D eigenvalue weighted by atomic mass is 10.1. The summed E-state index contributed by atoms with van der Waals surface area (Å²) in [5, 5.41) is 1.20. The van der Waals surface area contributed by atoms with Crippen molar-refractivity contribution in [3.63, 3.8) is 0 Å². The van der Waals surface area contributed by atoms with Crippen LogP contribution in [0.5, 0.6) is 0 Å². The molecule has 2 amide bonds. The normalized spacial score (nSPS) is 11.5. The Morgan fingerprint density at radius 2 is 1.70 bits per heavy atom. The van der Waals surface area contributed by atoms with Crippen molar-refractivity contribution in [1.82, 2.24) is 20.1 Å². The van der Waals surface area contributed by atoms with Gasteiger partial charge in [-0.2, -0.15) is 0 Å². The molecule has 2 N–H and O–H groups in total. The Labute approximate surface area is 178 Å². The van der Waals surface area contributed by atoms with Crippen molar-refractivity contribution < 1.29 is 18.0 Å². The van der Waals surface area contributed by atoms with Gasteiger partial charge in [0.25, 0.3) is 11.8 Å². The number of carbonyl (C=O) groups is 2. The topological polar surface area (TPSA) is 108 Å². The highest BCUT2D eigenvalue weighted by atomic mass is 35.5. The molecule has 3 aromatic rings. The van der Waals surface area contributed by atoms with Crippen molar-refractivity contribution in [2.24, 2.45) is 0 Å². The van der Waals surface area contributed by atoms with Crippen molar-refractivity contribution in [2.45, 2.75) is 11.8 Å². The van der Waals surface area contributed by atoms with Crippen LogP contribution < -0.4 is 10.9 Å². The van der Waals surface area contributed by atoms with Crippen molar-refractivity contribution >= 4 is 44.3 Å². The molecule has 8 nitrogen and oxygen atoms in total. The fraction of sp³-hybridized carbons (Fsp3) is 0.150. The van der Waals surface area contributed by atoms with Gasteiger partial charge in [0.15, 0.2) is 0 Å². The van der Waals surface area contributed by atoms with Crippen molar-refractivity contribution in [2.75, 3.05) is 14.1 Å². The lowest BCUT2D eigenvalue weighted by Crippen LogP contribution is -2.42. The number of nitrogens with one attached hydrogen (secondary N) is 2. The number of carbonyl (C=O) groups excluding carboxylic acids is 2. The molecule has 0 aliphatic heterocycles. The fourth-order valence-corrected chi connectivity index (χ4v) is 3.86. The van der Waals surface area contributed by atoms with E-state index >= 15 is 0 Å². The summed E-state index contributed by atoms with van der Waals surface area (Å²) < 4.78 is 25.5. The molecule has 0 unspecified atom stereocenters. The van der Waals surface area contributed by atoms with E-state index in [1.54, 1.807) is 31.2 Å². The fourth-order valence-electron chi connectivity index (χ4n) is 2.74. The van der Waals surface area contributed by atoms with Crippen LogP contribution in [-0.2, 0) is 10.0 Å². The molecule has 30 heavy (non-hydrogen) atoms. The van der Waals surface area contributed by atoms with Gasteiger partial charge in [-0.05, 0) is 49.4 Å². The predicted octanol–water partition coefficient (Wildman–Crippen LogP) is 2.52. The predicted molar refractivity (Wildman–Crippen MR) is 114 cm³/mol. The van der Waals surface area contributed by atoms with Gasteiger partial charge in [-0.1, -0.05) is 17.7 Å². The molecule has 0 saturated heterocycles. The highest BCUT2D eigenvalue weighted by molar-refractivity contribution is 7.89. The van der Waals surface area contributed by atoms with E-state index in [4.69, 9.17) is 11.6 Å². The molecule has 0 saturated carbocycles. The third kappa shape index (κ3) is 4.43. The molecule has 10 heteroatoms. The first kappa shape index (κ1) is 21.7. The minimum Gasteiger partial charge on any atom is -0.267 e. The minimum absolute atomic E-state index is 0.0297. The molecule has 0 aliphatic rings. The number of pyridine rings is 1. The van der Waals surface area contributed by atoms with Crippen LogP contribution in [0.4, 0.5) is 0 Å². The van der Waals surface area contributed by atoms with E-state index in [1.807, 2.05) is 0 Å². The lowest BCUT2D eigenvalue weighted by Gasteiger charge is -2.13. The number of hydrazine groups is 1. The highest BCUT2D eigenvalue weighted by Crippen LogP contribution is 2.20. The first-order chi connectivity index (χ1) is 14.1. The highest BCUT2D eigenvalue weighted by Gasteiger charge is 2.19. The Kier molecular flexibility index (Phi) is 6.06. The molecule has 0 fully saturated rings. The number of hydrogen-bond acceptors (Lipinski definition) is 5. The van der Waals surface area contributed by atoms with Gasteiger partial charge in [0.05, 0.1) is 21.7 Å². The number of benzene rings is 2. The van der Waals surface area contributed by atoms with Crippen LogP contribution in [0.3, 0.4) is 0 Å². The number of rotatable bonds is 4. The van der Waals surface area contributed by atoms with Gasteiger partial charge in [0.2, 0.25) is 10.0 Å². The third-order valence-electron chi connectivity index (χ3n) is 4.38. The van der Waals surface area contributed by atoms with E-state index in [9.17, 15) is 18.0 Å². The zero-order chi connectivity index (χ0) is 22.1. The number of halogens is 1. The van der Waals surface area contributed by atoms with E-state index in [0.29, 0.717) is 21.6 Å². The molecule has 0 radical (unpaired) electrons. The van der Waals surface area contributed by atoms with E-state index in [0.717, 1.165) is 4.31 Å². The maximum absolute atomic E-state index is 12.5. The maximum Gasteiger partial charge on any atom is 0.271 e. The third-order valence-corrected chi connectivity index (χ3v) is 6.42. The number of amides is 2. The molecule has 1 aromatic heterocycles. The molecular weight excluding hydrogens is 428 g/mol. The second-order valence-electron chi connectivity index (χ2n) is 6.68. The minimum atomic E-state index is -3.69. The Morgan fingerprint density at radius 1 is 1.00 bits per heavy atom. The van der Waals surface area contributed by atoms with Gasteiger partial charge in [-0.15, -0.1) is 0 Å². The summed E-state index contributed by atoms with van der Waals surface area (Å²) in [5.74, 6) is -1.22. The Bertz CT molecular complexity index is 1260. The van der Waals surface area contributed by atoms with Gasteiger partial charge < -0.3 is 0 Å². The number of hydrogen-bond donors (Lipinski definition) is 2. The number of fused-ring (bicyclic) bond motifs is 1. The van der Waals surface area contributed by atoms with E-state index < -0.39 is 21.8 Å². The van der Waals surface area contributed by atoms with Crippen LogP contribution in [-0.4, -0.2) is 43.6 Å². The summed E-state index contributed by atoms with van der Waals surface area (Å²) in [6.45, 7) is 1.68. The Hall–Kier alpha value is -3.01. The quantitative estimate of drug-likeness (QED) is 0.598. The molecule has 0 atom stereocenters. The van der Waals surface area contributed by atoms with Crippen molar-refractivity contribution in [1.29, 1.82) is 0 Å². The SMILES string of the molecule is Cc1nc2ccc(Cl)cc2cc1C(=O)NNC(=O)c1cccc(S(=O)(=O)N(C)C)c1. The summed E-state index contributed by atoms with van der Waals surface area (Å²) >= 11 is 5.99. The molecule has 156 valence electrons. The molecule has 1 heterocycles. The molecule has 0 spiro atoms. The standard InChI is InChI=1S/C20H19ClN4O4S/c1-12-17(11-14-9-15(21)7-8-18(14)22-12)20(27)24-23-19(26)13-5-4-6-16(10-13)30(28,29)25(2)3/h4-11H,1-3H3,(H,23,26)(H,24,27). The van der Waals surface area contributed by atoms with Crippen LogP contribution in [0.15, 0.2) is 53.4 Å². The summed E-state index contributed by atoms with van der Waals surface area (Å²) in [4.78, 5) is 29.3. The summed E-state index contributed by atoms with van der Waals surface area (Å²) in [7, 11) is -0.894. The molecule has 3 rings (SSSR count). The molecular formula is C20H19ClN4O4S. The zero-order valence-corrected chi connectivity index (χ0v) is 18.0. The number of aromatic nitrogens is 1. The Balaban J connectivity index is 1.77. The lowest BCUT2D eigenvalue weighted by molar-refractivity contribution is 0.0846. The van der Waals surface area contributed by atoms with Gasteiger partial charge in [0, 0.05) is 30.1 Å². The molecule has 2 aromatic carbocycles.